The van der Waals surface area contributed by atoms with Crippen LogP contribution >= 0.6 is 11.6 Å². The fraction of sp³-hybridized carbons (Fsp3) is 0.318. The van der Waals surface area contributed by atoms with Gasteiger partial charge in [0.05, 0.1) is 12.9 Å². The van der Waals surface area contributed by atoms with E-state index in [1.807, 2.05) is 32.0 Å². The molecule has 2 rings (SSSR count). The minimum absolute atomic E-state index is 0.0154. The van der Waals surface area contributed by atoms with Crippen molar-refractivity contribution in [3.8, 4) is 5.75 Å². The van der Waals surface area contributed by atoms with Gasteiger partial charge in [-0.1, -0.05) is 30.7 Å². The lowest BCUT2D eigenvalue weighted by Gasteiger charge is -2.11. The number of aryl methyl sites for hydroxylation is 1. The number of ketones is 1. The molecule has 0 amide bonds. The van der Waals surface area contributed by atoms with Crippen LogP contribution in [0.5, 0.6) is 5.75 Å². The zero-order chi connectivity index (χ0) is 19.8. The Kier molecular flexibility index (Phi) is 8.01. The van der Waals surface area contributed by atoms with Crippen LogP contribution in [0.15, 0.2) is 48.3 Å². The molecule has 0 unspecified atom stereocenters. The van der Waals surface area contributed by atoms with E-state index in [0.717, 1.165) is 16.7 Å². The largest absolute Gasteiger partial charge is 0.489 e. The molecular weight excluding hydrogens is 367 g/mol. The van der Waals surface area contributed by atoms with E-state index in [-0.39, 0.29) is 18.8 Å². The lowest BCUT2D eigenvalue weighted by atomic mass is 9.98. The van der Waals surface area contributed by atoms with Crippen LogP contribution in [0.1, 0.15) is 40.4 Å². The zero-order valence-electron chi connectivity index (χ0n) is 15.9. The van der Waals surface area contributed by atoms with E-state index in [1.165, 1.54) is 0 Å². The molecule has 0 fully saturated rings. The van der Waals surface area contributed by atoms with Gasteiger partial charge in [0.1, 0.15) is 12.4 Å². The maximum absolute atomic E-state index is 12.7. The number of carbonyl (C=O) groups is 1. The molecular formula is C22H24ClFO3. The molecule has 0 N–H and O–H groups in total. The van der Waals surface area contributed by atoms with E-state index in [4.69, 9.17) is 21.1 Å². The maximum Gasteiger partial charge on any atom is 0.167 e. The normalized spacial score (nSPS) is 11.5. The Hall–Kier alpha value is -2.17. The summed E-state index contributed by atoms with van der Waals surface area (Å²) in [5, 5.41) is 0.556. The van der Waals surface area contributed by atoms with E-state index in [1.54, 1.807) is 25.3 Å². The summed E-state index contributed by atoms with van der Waals surface area (Å²) in [6.45, 7) is 4.40. The van der Waals surface area contributed by atoms with Crippen molar-refractivity contribution in [2.45, 2.75) is 33.3 Å². The van der Waals surface area contributed by atoms with Gasteiger partial charge in [0.25, 0.3) is 0 Å². The van der Waals surface area contributed by atoms with Crippen LogP contribution in [0.3, 0.4) is 0 Å². The number of hydrogen-bond acceptors (Lipinski definition) is 3. The van der Waals surface area contributed by atoms with E-state index in [2.05, 4.69) is 0 Å². The van der Waals surface area contributed by atoms with Gasteiger partial charge in [-0.25, -0.2) is 4.39 Å². The highest BCUT2D eigenvalue weighted by Gasteiger charge is 2.13. The van der Waals surface area contributed by atoms with Gasteiger partial charge in [0.2, 0.25) is 0 Å². The Morgan fingerprint density at radius 2 is 2.00 bits per heavy atom. The first-order valence-electron chi connectivity index (χ1n) is 8.79. The summed E-state index contributed by atoms with van der Waals surface area (Å²) < 4.78 is 23.3. The number of Topliss-reactive ketones (excluding diaryl/α,β-unsaturated/α-hetero) is 1. The highest BCUT2D eigenvalue weighted by Crippen LogP contribution is 2.23. The summed E-state index contributed by atoms with van der Waals surface area (Å²) in [5.41, 5.74) is 3.76. The Morgan fingerprint density at radius 1 is 1.22 bits per heavy atom. The SMILES string of the molecule is CCC(=CF)COc1ccc(C(=O)Cc2ccc(COC)cc2Cl)c(C)c1. The lowest BCUT2D eigenvalue weighted by molar-refractivity contribution is 0.0992. The van der Waals surface area contributed by atoms with Gasteiger partial charge < -0.3 is 9.47 Å². The van der Waals surface area contributed by atoms with Gasteiger partial charge in [0.15, 0.2) is 5.78 Å². The number of halogens is 2. The van der Waals surface area contributed by atoms with E-state index in [9.17, 15) is 9.18 Å². The summed E-state index contributed by atoms with van der Waals surface area (Å²) >= 11 is 6.30. The predicted molar refractivity (Wildman–Crippen MR) is 106 cm³/mol. The van der Waals surface area contributed by atoms with Crippen LogP contribution in [0.4, 0.5) is 4.39 Å². The molecule has 0 aliphatic carbocycles. The van der Waals surface area contributed by atoms with E-state index in [0.29, 0.717) is 41.3 Å². The Balaban J connectivity index is 2.08. The highest BCUT2D eigenvalue weighted by molar-refractivity contribution is 6.31. The number of methoxy groups -OCH3 is 1. The predicted octanol–water partition coefficient (Wildman–Crippen LogP) is 5.86. The standard InChI is InChI=1S/C22H24ClFO3/c1-4-16(12-24)14-27-19-7-8-20(15(2)9-19)22(25)11-18-6-5-17(13-26-3)10-21(18)23/h5-10,12H,4,11,13-14H2,1-3H3. The number of rotatable bonds is 9. The summed E-state index contributed by atoms with van der Waals surface area (Å²) in [4.78, 5) is 12.7. The quantitative estimate of drug-likeness (QED) is 0.503. The van der Waals surface area contributed by atoms with E-state index < -0.39 is 0 Å². The first kappa shape index (κ1) is 21.1. The van der Waals surface area contributed by atoms with Crippen LogP contribution in [0.25, 0.3) is 0 Å². The third-order valence-electron chi connectivity index (χ3n) is 4.31. The molecule has 2 aromatic carbocycles. The van der Waals surface area contributed by atoms with Crippen molar-refractivity contribution in [3.63, 3.8) is 0 Å². The fourth-order valence-corrected chi connectivity index (χ4v) is 2.95. The third kappa shape index (κ3) is 5.91. The first-order chi connectivity index (χ1) is 13.0. The van der Waals surface area contributed by atoms with Crippen LogP contribution in [0.2, 0.25) is 5.02 Å². The minimum atomic E-state index is -0.0154. The van der Waals surface area contributed by atoms with Gasteiger partial charge in [-0.2, -0.15) is 0 Å². The molecule has 5 heteroatoms. The molecule has 0 radical (unpaired) electrons. The summed E-state index contributed by atoms with van der Waals surface area (Å²) in [6.07, 6.45) is 1.39. The van der Waals surface area contributed by atoms with Crippen LogP contribution in [0, 0.1) is 6.92 Å². The molecule has 0 aliphatic heterocycles. The highest BCUT2D eigenvalue weighted by atomic mass is 35.5. The van der Waals surface area contributed by atoms with Gasteiger partial charge in [-0.05, 0) is 59.9 Å². The second kappa shape index (κ2) is 10.2. The van der Waals surface area contributed by atoms with Gasteiger partial charge in [0, 0.05) is 24.1 Å². The molecule has 0 bridgehead atoms. The van der Waals surface area contributed by atoms with E-state index >= 15 is 0 Å². The number of benzene rings is 2. The molecule has 0 aliphatic rings. The number of ether oxygens (including phenoxy) is 2. The van der Waals surface area contributed by atoms with Crippen molar-refractivity contribution in [1.29, 1.82) is 0 Å². The number of hydrogen-bond donors (Lipinski definition) is 0. The maximum atomic E-state index is 12.7. The molecule has 0 heterocycles. The molecule has 0 atom stereocenters. The Bertz CT molecular complexity index is 830. The van der Waals surface area contributed by atoms with Gasteiger partial charge >= 0.3 is 0 Å². The Morgan fingerprint density at radius 3 is 2.59 bits per heavy atom. The smallest absolute Gasteiger partial charge is 0.167 e. The van der Waals surface area contributed by atoms with Crippen LogP contribution < -0.4 is 4.74 Å². The van der Waals surface area contributed by atoms with Crippen molar-refractivity contribution >= 4 is 17.4 Å². The van der Waals surface area contributed by atoms with Crippen molar-refractivity contribution in [1.82, 2.24) is 0 Å². The second-order valence-electron chi connectivity index (χ2n) is 6.35. The molecule has 27 heavy (non-hydrogen) atoms. The third-order valence-corrected chi connectivity index (χ3v) is 4.66. The summed E-state index contributed by atoms with van der Waals surface area (Å²) in [5.74, 6) is 0.595. The summed E-state index contributed by atoms with van der Waals surface area (Å²) in [6, 6.07) is 10.9. The van der Waals surface area contributed by atoms with Gasteiger partial charge in [-0.3, -0.25) is 4.79 Å². The molecule has 0 saturated carbocycles. The zero-order valence-corrected chi connectivity index (χ0v) is 16.6. The average Bonchev–Trinajstić information content (AvgIpc) is 2.65. The topological polar surface area (TPSA) is 35.5 Å². The van der Waals surface area contributed by atoms with Crippen molar-refractivity contribution in [2.24, 2.45) is 0 Å². The molecule has 3 nitrogen and oxygen atoms in total. The Labute approximate surface area is 164 Å². The van der Waals surface area contributed by atoms with Crippen LogP contribution in [-0.4, -0.2) is 19.5 Å². The molecule has 144 valence electrons. The van der Waals surface area contributed by atoms with Gasteiger partial charge in [-0.15, -0.1) is 0 Å². The van der Waals surface area contributed by atoms with Crippen molar-refractivity contribution in [2.75, 3.05) is 13.7 Å². The fourth-order valence-electron chi connectivity index (χ4n) is 2.68. The average molecular weight is 391 g/mol. The van der Waals surface area contributed by atoms with Crippen LogP contribution in [-0.2, 0) is 17.8 Å². The first-order valence-corrected chi connectivity index (χ1v) is 9.17. The summed E-state index contributed by atoms with van der Waals surface area (Å²) in [7, 11) is 1.62. The monoisotopic (exact) mass is 390 g/mol. The van der Waals surface area contributed by atoms with Crippen molar-refractivity contribution < 1.29 is 18.7 Å². The second-order valence-corrected chi connectivity index (χ2v) is 6.75. The van der Waals surface area contributed by atoms with Crippen molar-refractivity contribution in [3.05, 3.63) is 75.6 Å². The molecule has 0 saturated heterocycles. The number of carbonyl (C=O) groups excluding carboxylic acids is 1. The molecule has 2 aromatic rings. The molecule has 0 aromatic heterocycles. The molecule has 0 spiro atoms. The minimum Gasteiger partial charge on any atom is -0.489 e. The lowest BCUT2D eigenvalue weighted by Crippen LogP contribution is -2.07.